The highest BCUT2D eigenvalue weighted by atomic mass is 32.2. The third-order valence-electron chi connectivity index (χ3n) is 5.68. The molecule has 3 aliphatic rings. The van der Waals surface area contributed by atoms with Gasteiger partial charge in [-0.1, -0.05) is 30.3 Å². The number of alkyl halides is 1. The standard InChI is InChI=1S/C17H21FN2O4S/c1-24-13-10-25(22,23)14-9-20(8-12(13)14)16(21)19-15-7-17(15,18)11-5-3-2-4-6-11/h2-6,12-15H,7-10H2,1H3,(H,19,21)/t12-,13+,14-,15?,17?/m0/s1. The Labute approximate surface area is 146 Å². The van der Waals surface area contributed by atoms with Crippen molar-refractivity contribution in [2.75, 3.05) is 26.0 Å². The van der Waals surface area contributed by atoms with E-state index in [1.54, 1.807) is 24.3 Å². The zero-order chi connectivity index (χ0) is 17.8. The second-order valence-electron chi connectivity index (χ2n) is 7.15. The number of likely N-dealkylation sites (tertiary alicyclic amines) is 1. The molecule has 0 spiro atoms. The quantitative estimate of drug-likeness (QED) is 0.866. The van der Waals surface area contributed by atoms with Crippen molar-refractivity contribution in [1.29, 1.82) is 0 Å². The molecule has 2 saturated heterocycles. The fraction of sp³-hybridized carbons (Fsp3) is 0.588. The second kappa shape index (κ2) is 5.67. The Morgan fingerprint density at radius 1 is 1.32 bits per heavy atom. The lowest BCUT2D eigenvalue weighted by molar-refractivity contribution is 0.0820. The third-order valence-corrected chi connectivity index (χ3v) is 7.89. The number of rotatable bonds is 3. The lowest BCUT2D eigenvalue weighted by atomic mass is 10.0. The molecule has 2 aliphatic heterocycles. The van der Waals surface area contributed by atoms with Gasteiger partial charge in [0.1, 0.15) is 0 Å². The number of hydrogen-bond acceptors (Lipinski definition) is 4. The van der Waals surface area contributed by atoms with Crippen molar-refractivity contribution in [1.82, 2.24) is 10.2 Å². The minimum absolute atomic E-state index is 0.0124. The second-order valence-corrected chi connectivity index (χ2v) is 9.41. The predicted octanol–water partition coefficient (Wildman–Crippen LogP) is 1.08. The first-order chi connectivity index (χ1) is 11.8. The van der Waals surface area contributed by atoms with E-state index in [1.807, 2.05) is 6.07 Å². The van der Waals surface area contributed by atoms with Gasteiger partial charge in [-0.25, -0.2) is 17.6 Å². The lowest BCUT2D eigenvalue weighted by Gasteiger charge is -2.20. The molecule has 8 heteroatoms. The number of nitrogens with one attached hydrogen (secondary N) is 1. The molecule has 2 unspecified atom stereocenters. The summed E-state index contributed by atoms with van der Waals surface area (Å²) < 4.78 is 44.6. The minimum Gasteiger partial charge on any atom is -0.380 e. The van der Waals surface area contributed by atoms with Crippen LogP contribution in [0, 0.1) is 5.92 Å². The number of carbonyl (C=O) groups is 1. The average molecular weight is 368 g/mol. The van der Waals surface area contributed by atoms with Crippen molar-refractivity contribution >= 4 is 15.9 Å². The van der Waals surface area contributed by atoms with Crippen molar-refractivity contribution in [2.24, 2.45) is 5.92 Å². The molecule has 6 nitrogen and oxygen atoms in total. The van der Waals surface area contributed by atoms with E-state index in [-0.39, 0.29) is 30.7 Å². The van der Waals surface area contributed by atoms with Crippen LogP contribution < -0.4 is 5.32 Å². The van der Waals surface area contributed by atoms with Crippen molar-refractivity contribution < 1.29 is 22.3 Å². The molecule has 1 aromatic carbocycles. The average Bonchev–Trinajstić information content (AvgIpc) is 2.97. The largest absolute Gasteiger partial charge is 0.380 e. The van der Waals surface area contributed by atoms with Gasteiger partial charge < -0.3 is 15.0 Å². The molecule has 2 amide bonds. The number of benzene rings is 1. The molecular weight excluding hydrogens is 347 g/mol. The summed E-state index contributed by atoms with van der Waals surface area (Å²) in [6.45, 7) is 0.474. The van der Waals surface area contributed by atoms with Crippen molar-refractivity contribution in [2.45, 2.75) is 29.5 Å². The van der Waals surface area contributed by atoms with Crippen molar-refractivity contribution in [3.63, 3.8) is 0 Å². The Morgan fingerprint density at radius 3 is 2.72 bits per heavy atom. The Morgan fingerprint density at radius 2 is 2.04 bits per heavy atom. The summed E-state index contributed by atoms with van der Waals surface area (Å²) >= 11 is 0. The van der Waals surface area contributed by atoms with Crippen LogP contribution >= 0.6 is 0 Å². The van der Waals surface area contributed by atoms with Gasteiger partial charge in [-0.2, -0.15) is 0 Å². The molecule has 25 heavy (non-hydrogen) atoms. The highest BCUT2D eigenvalue weighted by Gasteiger charge is 2.59. The summed E-state index contributed by atoms with van der Waals surface area (Å²) in [6.07, 6.45) is -0.138. The summed E-state index contributed by atoms with van der Waals surface area (Å²) in [5, 5.41) is 2.13. The number of hydrogen-bond donors (Lipinski definition) is 1. The van der Waals surface area contributed by atoms with E-state index in [2.05, 4.69) is 5.32 Å². The molecule has 136 valence electrons. The summed E-state index contributed by atoms with van der Waals surface area (Å²) in [6, 6.07) is 7.80. The normalized spacial score (nSPS) is 38.4. The maximum Gasteiger partial charge on any atom is 0.317 e. The number of nitrogens with zero attached hydrogens (tertiary/aromatic N) is 1. The highest BCUT2D eigenvalue weighted by molar-refractivity contribution is 7.92. The lowest BCUT2D eigenvalue weighted by Crippen LogP contribution is -2.43. The van der Waals surface area contributed by atoms with E-state index in [4.69, 9.17) is 4.74 Å². The van der Waals surface area contributed by atoms with Crippen LogP contribution in [0.2, 0.25) is 0 Å². The number of methoxy groups -OCH3 is 1. The fourth-order valence-corrected chi connectivity index (χ4v) is 6.39. The molecule has 1 saturated carbocycles. The van der Waals surface area contributed by atoms with Crippen LogP contribution in [0.25, 0.3) is 0 Å². The zero-order valence-corrected chi connectivity index (χ0v) is 14.7. The van der Waals surface area contributed by atoms with E-state index in [1.165, 1.54) is 12.0 Å². The maximum atomic E-state index is 14.9. The molecule has 0 aromatic heterocycles. The van der Waals surface area contributed by atoms with E-state index in [0.717, 1.165) is 0 Å². The van der Waals surface area contributed by atoms with Crippen molar-refractivity contribution in [3.05, 3.63) is 35.9 Å². The molecule has 4 rings (SSSR count). The molecule has 1 aliphatic carbocycles. The number of fused-ring (bicyclic) bond motifs is 1. The summed E-state index contributed by atoms with van der Waals surface area (Å²) in [5.41, 5.74) is -0.978. The van der Waals surface area contributed by atoms with Crippen LogP contribution in [0.5, 0.6) is 0 Å². The van der Waals surface area contributed by atoms with Crippen LogP contribution in [0.4, 0.5) is 9.18 Å². The monoisotopic (exact) mass is 368 g/mol. The summed E-state index contributed by atoms with van der Waals surface area (Å²) in [5.74, 6) is -0.192. The van der Waals surface area contributed by atoms with E-state index >= 15 is 0 Å². The smallest absolute Gasteiger partial charge is 0.317 e. The fourth-order valence-electron chi connectivity index (χ4n) is 4.10. The van der Waals surface area contributed by atoms with Gasteiger partial charge in [0.15, 0.2) is 15.5 Å². The first-order valence-electron chi connectivity index (χ1n) is 8.39. The number of ether oxygens (including phenoxy) is 1. The first kappa shape index (κ1) is 16.8. The number of sulfone groups is 1. The van der Waals surface area contributed by atoms with Gasteiger partial charge >= 0.3 is 6.03 Å². The molecule has 5 atom stereocenters. The van der Waals surface area contributed by atoms with Gasteiger partial charge in [-0.05, 0) is 5.56 Å². The predicted molar refractivity (Wildman–Crippen MR) is 89.6 cm³/mol. The Kier molecular flexibility index (Phi) is 3.81. The van der Waals surface area contributed by atoms with Gasteiger partial charge in [0.25, 0.3) is 0 Å². The Bertz CT molecular complexity index is 787. The maximum absolute atomic E-state index is 14.9. The van der Waals surface area contributed by atoms with Crippen molar-refractivity contribution in [3.8, 4) is 0 Å². The van der Waals surface area contributed by atoms with Crippen LogP contribution in [0.1, 0.15) is 12.0 Å². The Hall–Kier alpha value is -1.67. The number of amides is 2. The molecule has 2 heterocycles. The highest BCUT2D eigenvalue weighted by Crippen LogP contribution is 2.50. The SMILES string of the molecule is CO[C@@H]1CS(=O)(=O)[C@H]2CN(C(=O)NC3CC3(F)c3ccccc3)C[C@@H]12. The van der Waals surface area contributed by atoms with Crippen LogP contribution in [0.15, 0.2) is 30.3 Å². The van der Waals surface area contributed by atoms with Crippen LogP contribution in [-0.2, 0) is 20.2 Å². The number of urea groups is 1. The molecule has 1 aromatic rings. The molecule has 1 N–H and O–H groups in total. The van der Waals surface area contributed by atoms with Gasteiger partial charge in [0, 0.05) is 32.5 Å². The van der Waals surface area contributed by atoms with E-state index < -0.39 is 32.8 Å². The van der Waals surface area contributed by atoms with E-state index in [0.29, 0.717) is 12.1 Å². The molecular formula is C17H21FN2O4S. The Balaban J connectivity index is 1.41. The number of carbonyl (C=O) groups excluding carboxylic acids is 1. The van der Waals surface area contributed by atoms with Gasteiger partial charge in [0.05, 0.1) is 23.1 Å². The van der Waals surface area contributed by atoms with Crippen LogP contribution in [-0.4, -0.2) is 62.7 Å². The molecule has 0 radical (unpaired) electrons. The van der Waals surface area contributed by atoms with Gasteiger partial charge in [-0.15, -0.1) is 0 Å². The third kappa shape index (κ3) is 2.71. The van der Waals surface area contributed by atoms with E-state index in [9.17, 15) is 17.6 Å². The number of halogens is 1. The topological polar surface area (TPSA) is 75.7 Å². The van der Waals surface area contributed by atoms with Gasteiger partial charge in [-0.3, -0.25) is 0 Å². The summed E-state index contributed by atoms with van der Waals surface area (Å²) in [4.78, 5) is 13.9. The molecule has 3 fully saturated rings. The zero-order valence-electron chi connectivity index (χ0n) is 13.9. The van der Waals surface area contributed by atoms with Gasteiger partial charge in [0.2, 0.25) is 0 Å². The minimum atomic E-state index is -3.25. The van der Waals surface area contributed by atoms with Crippen LogP contribution in [0.3, 0.4) is 0 Å². The molecule has 0 bridgehead atoms. The first-order valence-corrected chi connectivity index (χ1v) is 10.1. The summed E-state index contributed by atoms with van der Waals surface area (Å²) in [7, 11) is -1.76.